The fraction of sp³-hybridized carbons (Fsp3) is 0.500. The molecule has 220 valence electrons. The molecule has 6 heterocycles. The molecular weight excluding hydrogens is 647 g/mol. The normalized spacial score (nSPS) is 36.2. The lowest BCUT2D eigenvalue weighted by molar-refractivity contribution is -0.119. The highest BCUT2D eigenvalue weighted by Crippen LogP contribution is 2.57. The van der Waals surface area contributed by atoms with Crippen molar-refractivity contribution in [3.05, 3.63) is 17.5 Å². The molecule has 3 N–H and O–H groups in total. The van der Waals surface area contributed by atoms with E-state index in [1.165, 1.54) is 27.3 Å². The van der Waals surface area contributed by atoms with Crippen molar-refractivity contribution in [2.45, 2.75) is 43.8 Å². The fourth-order valence-corrected chi connectivity index (χ4v) is 7.31. The molecule has 3 unspecified atom stereocenters. The van der Waals surface area contributed by atoms with Crippen LogP contribution >= 0.6 is 37.1 Å². The second kappa shape index (κ2) is 11.2. The molecular formula is C18H20FN9O8P2S3. The molecule has 4 aliphatic rings. The van der Waals surface area contributed by atoms with Crippen LogP contribution in [0.3, 0.4) is 0 Å². The van der Waals surface area contributed by atoms with E-state index in [-0.39, 0.29) is 24.8 Å². The van der Waals surface area contributed by atoms with Crippen LogP contribution in [0.5, 0.6) is 0 Å². The molecule has 0 radical (unpaired) electrons. The summed E-state index contributed by atoms with van der Waals surface area (Å²) in [5, 5.41) is 14.4. The minimum atomic E-state index is -4.31. The summed E-state index contributed by atoms with van der Waals surface area (Å²) in [6.45, 7) is -9.25. The van der Waals surface area contributed by atoms with Gasteiger partial charge in [-0.05, 0) is 11.8 Å². The van der Waals surface area contributed by atoms with Crippen LogP contribution in [0.25, 0.3) is 10.7 Å². The number of aliphatic imine (C=N–C) groups is 2. The number of nitrogens with zero attached hydrogens (tertiary/aromatic N) is 7. The van der Waals surface area contributed by atoms with E-state index in [0.29, 0.717) is 10.7 Å². The van der Waals surface area contributed by atoms with Gasteiger partial charge in [0.15, 0.2) is 35.9 Å². The maximum atomic E-state index is 15.8. The number of carbonyl (C=O) groups is 1. The van der Waals surface area contributed by atoms with Crippen LogP contribution in [0.4, 0.5) is 4.39 Å². The summed E-state index contributed by atoms with van der Waals surface area (Å²) < 4.78 is 58.2. The molecule has 1 fully saturated rings. The van der Waals surface area contributed by atoms with E-state index in [1.54, 1.807) is 11.7 Å². The number of nitrogens with one attached hydrogen (secondary N) is 2. The predicted molar refractivity (Wildman–Crippen MR) is 147 cm³/mol. The Balaban J connectivity index is 1.31. The second-order valence-corrected chi connectivity index (χ2v) is 15.3. The Morgan fingerprint density at radius 2 is 2.17 bits per heavy atom. The minimum absolute atomic E-state index is 0.0326. The molecule has 41 heavy (non-hydrogen) atoms. The summed E-state index contributed by atoms with van der Waals surface area (Å²) in [7, 11) is 0. The van der Waals surface area contributed by atoms with Gasteiger partial charge < -0.3 is 18.7 Å². The van der Waals surface area contributed by atoms with Crippen LogP contribution in [0.2, 0.25) is 0 Å². The molecule has 17 nitrogen and oxygen atoms in total. The van der Waals surface area contributed by atoms with E-state index in [4.69, 9.17) is 40.0 Å². The molecule has 2 aromatic rings. The smallest absolute Gasteiger partial charge is 0.346 e. The predicted octanol–water partition coefficient (Wildman–Crippen LogP) is 0.843. The van der Waals surface area contributed by atoms with Crippen LogP contribution in [0.1, 0.15) is 5.82 Å². The molecule has 2 bridgehead atoms. The van der Waals surface area contributed by atoms with E-state index >= 15 is 4.39 Å². The zero-order valence-electron chi connectivity index (χ0n) is 20.4. The monoisotopic (exact) mass is 667 g/mol. The van der Waals surface area contributed by atoms with Crippen LogP contribution in [-0.2, 0) is 57.1 Å². The molecule has 0 aromatic carbocycles. The molecule has 6 rings (SSSR count). The number of thiol groups is 1. The molecule has 7 atom stereocenters. The van der Waals surface area contributed by atoms with Gasteiger partial charge in [0.1, 0.15) is 18.8 Å². The van der Waals surface area contributed by atoms with E-state index in [0.717, 1.165) is 0 Å². The van der Waals surface area contributed by atoms with Gasteiger partial charge in [-0.25, -0.2) is 18.6 Å². The highest BCUT2D eigenvalue weighted by atomic mass is 32.7. The van der Waals surface area contributed by atoms with Crippen LogP contribution in [0, 0.1) is 5.41 Å². The van der Waals surface area contributed by atoms with Gasteiger partial charge in [0.25, 0.3) is 5.91 Å². The number of halogens is 1. The maximum absolute atomic E-state index is 15.8. The van der Waals surface area contributed by atoms with Gasteiger partial charge in [-0.3, -0.25) is 39.4 Å². The van der Waals surface area contributed by atoms with Crippen LogP contribution in [-0.4, -0.2) is 97.4 Å². The number of hydrogen-bond acceptors (Lipinski definition) is 15. The number of amidine groups is 1. The van der Waals surface area contributed by atoms with Gasteiger partial charge in [0, 0.05) is 6.20 Å². The SMILES string of the molecule is N=C1N=C2C(N=CN2[C@H]2O[C@@H]3COP(O)(=S)OCCn4nc(-c5cncs5)nc4COP(=O)(S)O[C@@H]2[C@@H]3F)C(=O)N1. The Morgan fingerprint density at radius 1 is 1.34 bits per heavy atom. The highest BCUT2D eigenvalue weighted by molar-refractivity contribution is 8.44. The number of thiazole rings is 1. The first-order chi connectivity index (χ1) is 19.5. The molecule has 23 heteroatoms. The quantitative estimate of drug-likeness (QED) is 0.259. The third-order valence-electron chi connectivity index (χ3n) is 6.08. The van der Waals surface area contributed by atoms with Gasteiger partial charge in [-0.15, -0.1) is 16.4 Å². The van der Waals surface area contributed by atoms with Gasteiger partial charge >= 0.3 is 13.5 Å². The van der Waals surface area contributed by atoms with E-state index in [2.05, 4.69) is 42.6 Å². The van der Waals surface area contributed by atoms with Crippen LogP contribution in [0.15, 0.2) is 21.7 Å². The van der Waals surface area contributed by atoms with Crippen molar-refractivity contribution in [1.29, 1.82) is 5.41 Å². The average Bonchev–Trinajstić information content (AvgIpc) is 3.69. The maximum Gasteiger partial charge on any atom is 0.387 e. The number of ether oxygens (including phenoxy) is 1. The average molecular weight is 668 g/mol. The van der Waals surface area contributed by atoms with Crippen molar-refractivity contribution in [1.82, 2.24) is 30.0 Å². The largest absolute Gasteiger partial charge is 0.387 e. The van der Waals surface area contributed by atoms with Gasteiger partial charge in [0.2, 0.25) is 5.96 Å². The zero-order chi connectivity index (χ0) is 28.9. The first kappa shape index (κ1) is 29.1. The molecule has 1 saturated heterocycles. The lowest BCUT2D eigenvalue weighted by Crippen LogP contribution is -2.53. The van der Waals surface area contributed by atoms with Crippen molar-refractivity contribution >= 4 is 72.9 Å². The number of rotatable bonds is 2. The summed E-state index contributed by atoms with van der Waals surface area (Å²) in [4.78, 5) is 41.1. The number of alkyl halides is 1. The van der Waals surface area contributed by atoms with E-state index < -0.39 is 69.2 Å². The Bertz CT molecular complexity index is 1530. The molecule has 0 saturated carbocycles. The lowest BCUT2D eigenvalue weighted by Gasteiger charge is -2.30. The Morgan fingerprint density at radius 3 is 2.95 bits per heavy atom. The van der Waals surface area contributed by atoms with Crippen molar-refractivity contribution in [3.8, 4) is 10.7 Å². The summed E-state index contributed by atoms with van der Waals surface area (Å²) in [6.07, 6.45) is -3.73. The highest BCUT2D eigenvalue weighted by Gasteiger charge is 2.54. The van der Waals surface area contributed by atoms with E-state index in [9.17, 15) is 14.3 Å². The summed E-state index contributed by atoms with van der Waals surface area (Å²) in [6, 6.07) is -1.12. The van der Waals surface area contributed by atoms with Gasteiger partial charge in [-0.1, -0.05) is 12.2 Å². The number of guanidine groups is 1. The lowest BCUT2D eigenvalue weighted by atomic mass is 10.1. The first-order valence-electron chi connectivity index (χ1n) is 11.7. The summed E-state index contributed by atoms with van der Waals surface area (Å²) in [5.74, 6) is -0.607. The number of hydrogen-bond donors (Lipinski definition) is 4. The topological polar surface area (TPSA) is 208 Å². The zero-order valence-corrected chi connectivity index (χ0v) is 24.7. The summed E-state index contributed by atoms with van der Waals surface area (Å²) >= 11 is 10.4. The number of amides is 1. The number of fused-ring (bicyclic) bond motifs is 4. The van der Waals surface area contributed by atoms with Crippen LogP contribution < -0.4 is 5.32 Å². The Kier molecular flexibility index (Phi) is 7.96. The third kappa shape index (κ3) is 6.07. The van der Waals surface area contributed by atoms with E-state index in [1.807, 2.05) is 0 Å². The standard InChI is InChI=1S/C18H20FN9O8P2S3/c19-11-8-4-33-37(30,39)32-2-1-28-10(23-14(26-28)9-3-21-7-41-9)5-34-38(31,40)36-13(11)17(35-8)27-6-22-12-15(27)24-18(20)25-16(12)29/h3,6-8,11-13,17H,1-2,4-5H2,(H,30,39)(H,31,40)(H2,20,25,29)/t8-,11-,12?,13-,17+,37?,38?/m1/s1. The summed E-state index contributed by atoms with van der Waals surface area (Å²) in [5.41, 5.74) is 1.60. The molecule has 4 aliphatic heterocycles. The van der Waals surface area contributed by atoms with Gasteiger partial charge in [0.05, 0.1) is 36.5 Å². The third-order valence-corrected chi connectivity index (χ3v) is 10.1. The van der Waals surface area contributed by atoms with Gasteiger partial charge in [-0.2, -0.15) is 4.99 Å². The first-order valence-corrected chi connectivity index (χ1v) is 17.9. The molecule has 2 aromatic heterocycles. The van der Waals surface area contributed by atoms with Crippen molar-refractivity contribution in [2.75, 3.05) is 13.2 Å². The molecule has 0 aliphatic carbocycles. The van der Waals surface area contributed by atoms with Crippen molar-refractivity contribution in [3.63, 3.8) is 0 Å². The molecule has 0 spiro atoms. The number of aromatic nitrogens is 4. The molecule has 1 amide bonds. The van der Waals surface area contributed by atoms with Crippen molar-refractivity contribution in [2.24, 2.45) is 9.98 Å². The second-order valence-electron chi connectivity index (χ2n) is 8.74. The Hall–Kier alpha value is -2.03. The minimum Gasteiger partial charge on any atom is -0.346 e. The van der Waals surface area contributed by atoms with Crippen molar-refractivity contribution < 1.29 is 41.5 Å². The number of carbonyl (C=O) groups excluding carboxylic acids is 1. The Labute approximate surface area is 244 Å². The fourth-order valence-electron chi connectivity index (χ4n) is 4.26.